The largest absolute Gasteiger partial charge is 0.462 e. The molecule has 0 aliphatic heterocycles. The van der Waals surface area contributed by atoms with Crippen LogP contribution in [0.25, 0.3) is 0 Å². The van der Waals surface area contributed by atoms with E-state index in [9.17, 15) is 14.4 Å². The van der Waals surface area contributed by atoms with Gasteiger partial charge in [-0.05, 0) is 77.0 Å². The van der Waals surface area contributed by atoms with Gasteiger partial charge in [0.2, 0.25) is 0 Å². The number of ether oxygens (including phenoxy) is 3. The van der Waals surface area contributed by atoms with Crippen LogP contribution >= 0.6 is 0 Å². The van der Waals surface area contributed by atoms with Crippen LogP contribution in [0.15, 0.2) is 48.6 Å². The number of carbonyl (C=O) groups is 3. The average Bonchev–Trinajstić information content (AvgIpc) is 3.33. The molecule has 0 saturated heterocycles. The van der Waals surface area contributed by atoms with Gasteiger partial charge in [0, 0.05) is 19.3 Å². The van der Waals surface area contributed by atoms with Crippen LogP contribution < -0.4 is 0 Å². The second-order valence-corrected chi connectivity index (χ2v) is 19.6. The van der Waals surface area contributed by atoms with E-state index in [0.29, 0.717) is 19.3 Å². The van der Waals surface area contributed by atoms with Gasteiger partial charge in [0.1, 0.15) is 13.2 Å². The lowest BCUT2D eigenvalue weighted by Crippen LogP contribution is -2.30. The van der Waals surface area contributed by atoms with Crippen molar-refractivity contribution in [1.29, 1.82) is 0 Å². The van der Waals surface area contributed by atoms with E-state index in [-0.39, 0.29) is 31.1 Å². The molecular formula is C61H110O6. The van der Waals surface area contributed by atoms with Gasteiger partial charge in [-0.25, -0.2) is 0 Å². The summed E-state index contributed by atoms with van der Waals surface area (Å²) < 4.78 is 16.8. The third kappa shape index (κ3) is 54.2. The predicted octanol–water partition coefficient (Wildman–Crippen LogP) is 19.4. The van der Waals surface area contributed by atoms with Gasteiger partial charge in [-0.1, -0.05) is 256 Å². The van der Waals surface area contributed by atoms with Crippen LogP contribution in [0.1, 0.15) is 303 Å². The van der Waals surface area contributed by atoms with Gasteiger partial charge in [-0.15, -0.1) is 0 Å². The highest BCUT2D eigenvalue weighted by atomic mass is 16.6. The summed E-state index contributed by atoms with van der Waals surface area (Å²) in [6.45, 7) is 6.61. The van der Waals surface area contributed by atoms with Crippen molar-refractivity contribution in [2.75, 3.05) is 13.2 Å². The standard InChI is InChI=1S/C61H110O6/c1-4-7-10-13-16-19-22-24-26-27-28-29-30-31-32-33-35-36-39-42-45-48-51-54-60(63)66-57-58(56-65-59(62)53-50-47-44-41-38-21-18-15-12-9-6-3)67-61(64)55-52-49-46-43-40-37-34-25-23-20-17-14-11-8-5-2/h15,18,22,24,27-28,30-31,58H,4-14,16-17,19-21,23,25-26,29,32-57H2,1-3H3/b18-15-,24-22-,28-27-,31-30-. The van der Waals surface area contributed by atoms with Crippen LogP contribution in [0.5, 0.6) is 0 Å². The molecule has 0 fully saturated rings. The average molecular weight is 940 g/mol. The topological polar surface area (TPSA) is 78.9 Å². The van der Waals surface area contributed by atoms with Gasteiger partial charge in [0.25, 0.3) is 0 Å². The first-order valence-corrected chi connectivity index (χ1v) is 29.1. The Morgan fingerprint density at radius 1 is 0.299 bits per heavy atom. The van der Waals surface area contributed by atoms with Crippen LogP contribution in [0.4, 0.5) is 0 Å². The summed E-state index contributed by atoms with van der Waals surface area (Å²) in [5.74, 6) is -0.879. The SMILES string of the molecule is CCCC/C=C\CCCCCCCC(=O)OCC(COC(=O)CCCCCCCCCC/C=C\C/C=C\C/C=C\CCCCCCC)OC(=O)CCCCCCCCCCCCCCCCC. The van der Waals surface area contributed by atoms with Crippen LogP contribution in [0.3, 0.4) is 0 Å². The van der Waals surface area contributed by atoms with Gasteiger partial charge < -0.3 is 14.2 Å². The molecule has 0 bridgehead atoms. The second-order valence-electron chi connectivity index (χ2n) is 19.6. The number of allylic oxidation sites excluding steroid dienone is 8. The molecule has 0 aliphatic carbocycles. The number of unbranched alkanes of at least 4 members (excludes halogenated alkanes) is 34. The molecule has 0 aliphatic rings. The molecule has 0 aromatic rings. The van der Waals surface area contributed by atoms with Crippen molar-refractivity contribution in [3.05, 3.63) is 48.6 Å². The minimum Gasteiger partial charge on any atom is -0.462 e. The van der Waals surface area contributed by atoms with E-state index in [2.05, 4.69) is 69.4 Å². The van der Waals surface area contributed by atoms with Gasteiger partial charge >= 0.3 is 17.9 Å². The zero-order valence-electron chi connectivity index (χ0n) is 44.7. The first-order valence-electron chi connectivity index (χ1n) is 29.1. The lowest BCUT2D eigenvalue weighted by atomic mass is 10.0. The van der Waals surface area contributed by atoms with Crippen LogP contribution in [-0.4, -0.2) is 37.2 Å². The molecule has 0 amide bonds. The lowest BCUT2D eigenvalue weighted by molar-refractivity contribution is -0.167. The molecule has 0 saturated carbocycles. The van der Waals surface area contributed by atoms with Crippen LogP contribution in [-0.2, 0) is 28.6 Å². The third-order valence-corrected chi connectivity index (χ3v) is 12.8. The van der Waals surface area contributed by atoms with Crippen molar-refractivity contribution in [1.82, 2.24) is 0 Å². The molecule has 0 rings (SSSR count). The minimum absolute atomic E-state index is 0.0769. The molecule has 6 heteroatoms. The molecule has 390 valence electrons. The molecule has 1 unspecified atom stereocenters. The summed E-state index contributed by atoms with van der Waals surface area (Å²) in [7, 11) is 0. The maximum Gasteiger partial charge on any atom is 0.306 e. The summed E-state index contributed by atoms with van der Waals surface area (Å²) in [6.07, 6.45) is 68.2. The fourth-order valence-electron chi connectivity index (χ4n) is 8.37. The van der Waals surface area contributed by atoms with Crippen LogP contribution in [0.2, 0.25) is 0 Å². The van der Waals surface area contributed by atoms with Crippen molar-refractivity contribution in [3.8, 4) is 0 Å². The normalized spacial score (nSPS) is 12.3. The highest BCUT2D eigenvalue weighted by Gasteiger charge is 2.19. The fourth-order valence-corrected chi connectivity index (χ4v) is 8.37. The number of hydrogen-bond donors (Lipinski definition) is 0. The van der Waals surface area contributed by atoms with E-state index in [4.69, 9.17) is 14.2 Å². The fraction of sp³-hybridized carbons (Fsp3) is 0.820. The number of hydrogen-bond acceptors (Lipinski definition) is 6. The van der Waals surface area contributed by atoms with Gasteiger partial charge in [-0.2, -0.15) is 0 Å². The number of carbonyl (C=O) groups excluding carboxylic acids is 3. The summed E-state index contributed by atoms with van der Waals surface area (Å²) >= 11 is 0. The zero-order valence-corrected chi connectivity index (χ0v) is 44.7. The van der Waals surface area contributed by atoms with E-state index < -0.39 is 6.10 Å². The molecule has 0 aromatic carbocycles. The molecule has 6 nitrogen and oxygen atoms in total. The van der Waals surface area contributed by atoms with Crippen molar-refractivity contribution in [2.45, 2.75) is 309 Å². The van der Waals surface area contributed by atoms with Gasteiger partial charge in [0.15, 0.2) is 6.10 Å². The van der Waals surface area contributed by atoms with E-state index in [1.807, 2.05) is 0 Å². The smallest absolute Gasteiger partial charge is 0.306 e. The van der Waals surface area contributed by atoms with Crippen molar-refractivity contribution < 1.29 is 28.6 Å². The maximum absolute atomic E-state index is 12.8. The summed E-state index contributed by atoms with van der Waals surface area (Å²) in [4.78, 5) is 38.1. The maximum atomic E-state index is 12.8. The Balaban J connectivity index is 4.28. The van der Waals surface area contributed by atoms with E-state index in [1.54, 1.807) is 0 Å². The Labute approximate surface area is 416 Å². The number of rotatable bonds is 53. The second kappa shape index (κ2) is 56.0. The molecule has 67 heavy (non-hydrogen) atoms. The highest BCUT2D eigenvalue weighted by Crippen LogP contribution is 2.16. The Bertz CT molecular complexity index is 1170. The summed E-state index contributed by atoms with van der Waals surface area (Å²) in [5.41, 5.74) is 0. The Hall–Kier alpha value is -2.63. The predicted molar refractivity (Wildman–Crippen MR) is 289 cm³/mol. The molecule has 0 spiro atoms. The van der Waals surface area contributed by atoms with Crippen molar-refractivity contribution >= 4 is 17.9 Å². The van der Waals surface area contributed by atoms with E-state index in [0.717, 1.165) is 83.5 Å². The van der Waals surface area contributed by atoms with Gasteiger partial charge in [-0.3, -0.25) is 14.4 Å². The molecule has 0 aromatic heterocycles. The summed E-state index contributed by atoms with van der Waals surface area (Å²) in [6, 6.07) is 0. The monoisotopic (exact) mass is 939 g/mol. The highest BCUT2D eigenvalue weighted by molar-refractivity contribution is 5.71. The lowest BCUT2D eigenvalue weighted by Gasteiger charge is -2.18. The Morgan fingerprint density at radius 3 is 0.896 bits per heavy atom. The van der Waals surface area contributed by atoms with Gasteiger partial charge in [0.05, 0.1) is 0 Å². The van der Waals surface area contributed by atoms with Crippen molar-refractivity contribution in [3.63, 3.8) is 0 Å². The molecule has 1 atom stereocenters. The molecule has 0 heterocycles. The molecule has 0 radical (unpaired) electrons. The van der Waals surface area contributed by atoms with Crippen molar-refractivity contribution in [2.24, 2.45) is 0 Å². The third-order valence-electron chi connectivity index (χ3n) is 12.8. The quantitative estimate of drug-likeness (QED) is 0.0262. The molecular weight excluding hydrogens is 829 g/mol. The minimum atomic E-state index is -0.776. The van der Waals surface area contributed by atoms with E-state index in [1.165, 1.54) is 180 Å². The first-order chi connectivity index (χ1) is 33.0. The van der Waals surface area contributed by atoms with E-state index >= 15 is 0 Å². The Kier molecular flexibility index (Phi) is 53.8. The Morgan fingerprint density at radius 2 is 0.552 bits per heavy atom. The molecule has 0 N–H and O–H groups in total. The zero-order chi connectivity index (χ0) is 48.6. The summed E-state index contributed by atoms with van der Waals surface area (Å²) in [5, 5.41) is 0. The first kappa shape index (κ1) is 64.4. The van der Waals surface area contributed by atoms with Crippen LogP contribution in [0, 0.1) is 0 Å². The number of esters is 3.